The van der Waals surface area contributed by atoms with E-state index in [1.54, 1.807) is 0 Å². The van der Waals surface area contributed by atoms with E-state index in [0.29, 0.717) is 0 Å². The van der Waals surface area contributed by atoms with E-state index >= 15 is 0 Å². The van der Waals surface area contributed by atoms with Gasteiger partial charge in [0.1, 0.15) is 0 Å². The summed E-state index contributed by atoms with van der Waals surface area (Å²) in [5, 5.41) is 0. The third kappa shape index (κ3) is 2.67. The number of benzene rings is 1. The van der Waals surface area contributed by atoms with Crippen LogP contribution in [-0.4, -0.2) is 0 Å². The van der Waals surface area contributed by atoms with E-state index in [-0.39, 0.29) is 12.4 Å². The van der Waals surface area contributed by atoms with Crippen LogP contribution in [0.25, 0.3) is 0 Å². The first-order valence-corrected chi connectivity index (χ1v) is 4.28. The number of rotatable bonds is 0. The smallest absolute Gasteiger partial charge is 1.00 e. The van der Waals surface area contributed by atoms with Gasteiger partial charge in [0.05, 0.1) is 0 Å². The number of halogens is 1. The second-order valence-electron chi connectivity index (χ2n) is 1.49. The first-order valence-electron chi connectivity index (χ1n) is 2.26. The van der Waals surface area contributed by atoms with Gasteiger partial charge in [-0.3, -0.25) is 0 Å². The van der Waals surface area contributed by atoms with Crippen molar-refractivity contribution in [2.45, 2.75) is 0 Å². The molecule has 0 amide bonds. The molecule has 0 aliphatic carbocycles. The molecule has 0 N–H and O–H groups in total. The first-order chi connectivity index (χ1) is 3.39. The molecule has 0 fully saturated rings. The van der Waals surface area contributed by atoms with Crippen LogP contribution in [0.3, 0.4) is 0 Å². The van der Waals surface area contributed by atoms with Crippen molar-refractivity contribution in [3.05, 3.63) is 30.3 Å². The van der Waals surface area contributed by atoms with E-state index in [1.165, 1.54) is 3.12 Å². The third-order valence-corrected chi connectivity index (χ3v) is 2.19. The van der Waals surface area contributed by atoms with Crippen LogP contribution in [0.15, 0.2) is 30.3 Å². The minimum absolute atomic E-state index is 0. The molecule has 0 atom stereocenters. The maximum Gasteiger partial charge on any atom is -1.00 e. The normalized spacial score (nSPS) is 7.75. The van der Waals surface area contributed by atoms with Crippen LogP contribution >= 0.6 is 0 Å². The van der Waals surface area contributed by atoms with Crippen molar-refractivity contribution in [1.82, 2.24) is 0 Å². The number of hydrogen-bond acceptors (Lipinski definition) is 0. The summed E-state index contributed by atoms with van der Waals surface area (Å²) in [5.74, 6) is 0. The molecule has 0 aromatic heterocycles. The Labute approximate surface area is 71.4 Å². The molecule has 8 heavy (non-hydrogen) atoms. The zero-order valence-corrected chi connectivity index (χ0v) is 9.26. The standard InChI is InChI=1S/C6H5.Cd.ClH/c1-2-4-6-5-3-1;;/h1-5H;;1H/q;+1;/p-1. The molecule has 0 unspecified atom stereocenters. The SMILES string of the molecule is [Cd+][c]1ccccc1.[Cl-]. The van der Waals surface area contributed by atoms with E-state index in [0.717, 1.165) is 25.8 Å². The van der Waals surface area contributed by atoms with Gasteiger partial charge in [-0.2, -0.15) is 0 Å². The summed E-state index contributed by atoms with van der Waals surface area (Å²) >= 11 is 0.970. The van der Waals surface area contributed by atoms with Crippen molar-refractivity contribution < 1.29 is 38.2 Å². The van der Waals surface area contributed by atoms with Gasteiger partial charge in [0.2, 0.25) is 0 Å². The van der Waals surface area contributed by atoms with Crippen LogP contribution < -0.4 is 15.5 Å². The molecule has 38 valence electrons. The Balaban J connectivity index is 0.000000490. The molecule has 1 aromatic carbocycles. The molecular weight excluding hydrogens is 220 g/mol. The van der Waals surface area contributed by atoms with Crippen molar-refractivity contribution in [2.75, 3.05) is 0 Å². The van der Waals surface area contributed by atoms with E-state index in [2.05, 4.69) is 24.3 Å². The van der Waals surface area contributed by atoms with Gasteiger partial charge in [0.15, 0.2) is 0 Å². The molecule has 0 heterocycles. The Morgan fingerprint density at radius 3 is 1.75 bits per heavy atom. The maximum atomic E-state index is 2.16. The third-order valence-electron chi connectivity index (χ3n) is 0.843. The van der Waals surface area contributed by atoms with Crippen molar-refractivity contribution in [3.63, 3.8) is 0 Å². The van der Waals surface area contributed by atoms with Crippen LogP contribution in [0.5, 0.6) is 0 Å². The zero-order valence-electron chi connectivity index (χ0n) is 4.47. The summed E-state index contributed by atoms with van der Waals surface area (Å²) in [4.78, 5) is 0. The summed E-state index contributed by atoms with van der Waals surface area (Å²) in [6.07, 6.45) is 0. The minimum atomic E-state index is 0. The Bertz CT molecular complexity index is 138. The van der Waals surface area contributed by atoms with Gasteiger partial charge in [0.25, 0.3) is 0 Å². The van der Waals surface area contributed by atoms with Gasteiger partial charge >= 0.3 is 59.2 Å². The summed E-state index contributed by atoms with van der Waals surface area (Å²) in [7, 11) is 0. The summed E-state index contributed by atoms with van der Waals surface area (Å²) in [6.45, 7) is 0. The van der Waals surface area contributed by atoms with Gasteiger partial charge in [0, 0.05) is 0 Å². The Morgan fingerprint density at radius 2 is 1.50 bits per heavy atom. The van der Waals surface area contributed by atoms with Crippen LogP contribution in [0.4, 0.5) is 0 Å². The molecule has 1 rings (SSSR count). The monoisotopic (exact) mass is 226 g/mol. The summed E-state index contributed by atoms with van der Waals surface area (Å²) in [5.41, 5.74) is 0. The van der Waals surface area contributed by atoms with E-state index in [4.69, 9.17) is 0 Å². The predicted octanol–water partition coefficient (Wildman–Crippen LogP) is -2.14. The summed E-state index contributed by atoms with van der Waals surface area (Å²) < 4.78 is 1.49. The zero-order chi connectivity index (χ0) is 5.11. The molecule has 0 saturated carbocycles. The average molecular weight is 225 g/mol. The Morgan fingerprint density at radius 1 is 1.00 bits per heavy atom. The van der Waals surface area contributed by atoms with Crippen LogP contribution in [0.1, 0.15) is 0 Å². The Hall–Kier alpha value is 0.432. The fourth-order valence-corrected chi connectivity index (χ4v) is 1.25. The minimum Gasteiger partial charge on any atom is -1.00 e. The van der Waals surface area contributed by atoms with Gasteiger partial charge in [-0.05, 0) is 0 Å². The topological polar surface area (TPSA) is 0 Å². The van der Waals surface area contributed by atoms with Gasteiger partial charge in [-0.15, -0.1) is 0 Å². The van der Waals surface area contributed by atoms with Crippen molar-refractivity contribution in [2.24, 2.45) is 0 Å². The maximum absolute atomic E-state index is 2.16. The number of hydrogen-bond donors (Lipinski definition) is 0. The van der Waals surface area contributed by atoms with Crippen LogP contribution in [-0.2, 0) is 25.8 Å². The molecule has 0 radical (unpaired) electrons. The second kappa shape index (κ2) is 4.32. The van der Waals surface area contributed by atoms with Crippen molar-refractivity contribution >= 4 is 3.12 Å². The van der Waals surface area contributed by atoms with Gasteiger partial charge in [-0.25, -0.2) is 0 Å². The van der Waals surface area contributed by atoms with Crippen LogP contribution in [0.2, 0.25) is 0 Å². The fraction of sp³-hybridized carbons (Fsp3) is 0. The average Bonchev–Trinajstić information content (AvgIpc) is 1.69. The molecule has 0 aliphatic rings. The predicted molar refractivity (Wildman–Crippen MR) is 26.1 cm³/mol. The molecule has 0 spiro atoms. The van der Waals surface area contributed by atoms with E-state index in [9.17, 15) is 0 Å². The van der Waals surface area contributed by atoms with E-state index in [1.807, 2.05) is 6.07 Å². The van der Waals surface area contributed by atoms with E-state index < -0.39 is 0 Å². The quantitative estimate of drug-likeness (QED) is 0.442. The molecule has 2 heteroatoms. The van der Waals surface area contributed by atoms with Crippen molar-refractivity contribution in [3.8, 4) is 0 Å². The molecule has 0 nitrogen and oxygen atoms in total. The fourth-order valence-electron chi connectivity index (χ4n) is 0.478. The Kier molecular flexibility index (Phi) is 4.56. The molecular formula is C6H5CdCl. The molecule has 0 aliphatic heterocycles. The largest absolute Gasteiger partial charge is 1.00 e. The van der Waals surface area contributed by atoms with Gasteiger partial charge in [-0.1, -0.05) is 0 Å². The van der Waals surface area contributed by atoms with Gasteiger partial charge < -0.3 is 12.4 Å². The van der Waals surface area contributed by atoms with Crippen LogP contribution in [0, 0.1) is 0 Å². The molecule has 1 aromatic rings. The molecule has 0 saturated heterocycles. The summed E-state index contributed by atoms with van der Waals surface area (Å²) in [6, 6.07) is 10.5. The van der Waals surface area contributed by atoms with Crippen molar-refractivity contribution in [1.29, 1.82) is 0 Å². The first kappa shape index (κ1) is 8.43. The molecule has 0 bridgehead atoms. The second-order valence-corrected chi connectivity index (χ2v) is 3.82.